The summed E-state index contributed by atoms with van der Waals surface area (Å²) in [4.78, 5) is 29.9. The molecule has 136 valence electrons. The fourth-order valence-corrected chi connectivity index (χ4v) is 5.04. The zero-order valence-electron chi connectivity index (χ0n) is 14.9. The number of Topliss-reactive ketones (excluding diaryl/α,β-unsaturated/α-hetero) is 1. The molecule has 1 heterocycles. The Bertz CT molecular complexity index is 802. The Morgan fingerprint density at radius 2 is 1.96 bits per heavy atom. The highest BCUT2D eigenvalue weighted by atomic mass is 16.5. The summed E-state index contributed by atoms with van der Waals surface area (Å²) in [6.45, 7) is 2.09. The third-order valence-corrected chi connectivity index (χ3v) is 6.08. The van der Waals surface area contributed by atoms with Crippen LogP contribution in [0.2, 0.25) is 0 Å². The maximum Gasteiger partial charge on any atom is 0.334 e. The molecule has 0 aromatic heterocycles. The van der Waals surface area contributed by atoms with Crippen LogP contribution in [0, 0.1) is 17.8 Å². The van der Waals surface area contributed by atoms with Gasteiger partial charge in [-0.3, -0.25) is 4.79 Å². The van der Waals surface area contributed by atoms with Crippen molar-refractivity contribution in [3.8, 4) is 0 Å². The number of esters is 1. The van der Waals surface area contributed by atoms with Gasteiger partial charge in [0.2, 0.25) is 5.78 Å². The quantitative estimate of drug-likeness (QED) is 0.777. The number of carbonyl (C=O) groups is 2. The molecule has 0 unspecified atom stereocenters. The Morgan fingerprint density at radius 1 is 1.23 bits per heavy atom. The first-order valence-corrected chi connectivity index (χ1v) is 8.68. The highest BCUT2D eigenvalue weighted by Gasteiger charge is 2.71. The number of ether oxygens (including phenoxy) is 3. The first-order chi connectivity index (χ1) is 12.6. The lowest BCUT2D eigenvalue weighted by Crippen LogP contribution is -2.57. The SMILES string of the molecule is COC(=O)[C@H]1N=CO[C@]12[C@@H]1C(=O)C(OC)=C[C@H]2[C@H](C)[C@H]1c1ccccc1. The number of hydrogen-bond acceptors (Lipinski definition) is 6. The fourth-order valence-electron chi connectivity index (χ4n) is 5.04. The Balaban J connectivity index is 1.90. The minimum atomic E-state index is -1.06. The van der Waals surface area contributed by atoms with Crippen molar-refractivity contribution in [2.75, 3.05) is 14.2 Å². The summed E-state index contributed by atoms with van der Waals surface area (Å²) in [6, 6.07) is 9.01. The molecule has 2 bridgehead atoms. The standard InChI is InChI=1S/C20H21NO5/c1-11-13-9-14(24-2)17(22)16(15(11)12-7-5-4-6-8-12)20(13)18(19(23)25-3)21-10-26-20/h4-11,13,15-16,18H,1-3H3/t11-,13-,15-,16-,18+,20+/m0/s1. The summed E-state index contributed by atoms with van der Waals surface area (Å²) < 4.78 is 16.3. The van der Waals surface area contributed by atoms with E-state index in [1.807, 2.05) is 30.3 Å². The van der Waals surface area contributed by atoms with Crippen LogP contribution >= 0.6 is 0 Å². The first-order valence-electron chi connectivity index (χ1n) is 8.68. The highest BCUT2D eigenvalue weighted by molar-refractivity contribution is 6.00. The molecule has 0 N–H and O–H groups in total. The number of benzene rings is 1. The van der Waals surface area contributed by atoms with Crippen molar-refractivity contribution in [2.45, 2.75) is 24.5 Å². The van der Waals surface area contributed by atoms with Crippen molar-refractivity contribution < 1.29 is 23.8 Å². The lowest BCUT2D eigenvalue weighted by Gasteiger charge is -2.40. The van der Waals surface area contributed by atoms with Crippen LogP contribution in [-0.4, -0.2) is 44.0 Å². The number of aliphatic imine (C=N–C) groups is 1. The van der Waals surface area contributed by atoms with Gasteiger partial charge in [0.15, 0.2) is 23.8 Å². The maximum atomic E-state index is 13.3. The van der Waals surface area contributed by atoms with Crippen LogP contribution in [0.4, 0.5) is 0 Å². The topological polar surface area (TPSA) is 74.2 Å². The zero-order chi connectivity index (χ0) is 18.5. The zero-order valence-corrected chi connectivity index (χ0v) is 14.9. The molecular weight excluding hydrogens is 334 g/mol. The summed E-state index contributed by atoms with van der Waals surface area (Å²) in [6.07, 6.45) is 3.09. The third kappa shape index (κ3) is 2.01. The molecule has 0 amide bonds. The Morgan fingerprint density at radius 3 is 2.62 bits per heavy atom. The second-order valence-electron chi connectivity index (χ2n) is 7.05. The Labute approximate surface area is 151 Å². The van der Waals surface area contributed by atoms with Gasteiger partial charge >= 0.3 is 5.97 Å². The lowest BCUT2D eigenvalue weighted by atomic mass is 9.70. The van der Waals surface area contributed by atoms with Crippen LogP contribution in [0.15, 0.2) is 47.2 Å². The fraction of sp³-hybridized carbons (Fsp3) is 0.450. The van der Waals surface area contributed by atoms with Crippen LogP contribution in [0.5, 0.6) is 0 Å². The number of nitrogens with zero attached hydrogens (tertiary/aromatic N) is 1. The van der Waals surface area contributed by atoms with Gasteiger partial charge in [0.05, 0.1) is 20.1 Å². The van der Waals surface area contributed by atoms with Crippen molar-refractivity contribution in [3.05, 3.63) is 47.7 Å². The van der Waals surface area contributed by atoms with Crippen molar-refractivity contribution in [1.82, 2.24) is 0 Å². The van der Waals surface area contributed by atoms with E-state index in [1.54, 1.807) is 6.08 Å². The van der Waals surface area contributed by atoms with E-state index in [2.05, 4.69) is 11.9 Å². The second-order valence-corrected chi connectivity index (χ2v) is 7.05. The molecule has 0 radical (unpaired) electrons. The van der Waals surface area contributed by atoms with E-state index >= 15 is 0 Å². The molecule has 2 aliphatic carbocycles. The molecule has 0 saturated heterocycles. The van der Waals surface area contributed by atoms with Crippen molar-refractivity contribution in [3.63, 3.8) is 0 Å². The molecule has 6 heteroatoms. The van der Waals surface area contributed by atoms with E-state index in [0.29, 0.717) is 5.76 Å². The van der Waals surface area contributed by atoms with Crippen LogP contribution in [-0.2, 0) is 23.8 Å². The second kappa shape index (κ2) is 5.97. The minimum absolute atomic E-state index is 0.0628. The average Bonchev–Trinajstić information content (AvgIpc) is 3.16. The van der Waals surface area contributed by atoms with Gasteiger partial charge in [0, 0.05) is 11.8 Å². The average molecular weight is 355 g/mol. The normalized spacial score (nSPS) is 37.4. The van der Waals surface area contributed by atoms with Crippen LogP contribution in [0.1, 0.15) is 18.4 Å². The number of methoxy groups -OCH3 is 2. The van der Waals surface area contributed by atoms with Gasteiger partial charge in [-0.2, -0.15) is 0 Å². The Kier molecular flexibility index (Phi) is 3.86. The first kappa shape index (κ1) is 16.8. The molecule has 3 aliphatic rings. The lowest BCUT2D eigenvalue weighted by molar-refractivity contribution is -0.152. The molecule has 1 aromatic carbocycles. The number of ketones is 1. The van der Waals surface area contributed by atoms with Crippen molar-refractivity contribution in [2.24, 2.45) is 22.7 Å². The number of carbonyl (C=O) groups excluding carboxylic acids is 2. The number of allylic oxidation sites excluding steroid dienone is 1. The van der Waals surface area contributed by atoms with E-state index in [4.69, 9.17) is 14.2 Å². The van der Waals surface area contributed by atoms with Crippen molar-refractivity contribution >= 4 is 18.2 Å². The number of rotatable bonds is 3. The molecule has 1 spiro atoms. The van der Waals surface area contributed by atoms with Gasteiger partial charge in [0.25, 0.3) is 0 Å². The summed E-state index contributed by atoms with van der Waals surface area (Å²) in [7, 11) is 2.82. The van der Waals surface area contributed by atoms with Gasteiger partial charge in [-0.05, 0) is 17.6 Å². The summed E-state index contributed by atoms with van der Waals surface area (Å²) >= 11 is 0. The van der Waals surface area contributed by atoms with Crippen LogP contribution in [0.25, 0.3) is 0 Å². The molecule has 1 aliphatic heterocycles. The molecule has 1 aromatic rings. The molecule has 1 saturated carbocycles. The molecule has 26 heavy (non-hydrogen) atoms. The Hall–Kier alpha value is -2.63. The van der Waals surface area contributed by atoms with E-state index in [-0.39, 0.29) is 23.5 Å². The maximum absolute atomic E-state index is 13.3. The monoisotopic (exact) mass is 355 g/mol. The van der Waals surface area contributed by atoms with Gasteiger partial charge in [0.1, 0.15) is 0 Å². The van der Waals surface area contributed by atoms with Crippen LogP contribution < -0.4 is 0 Å². The van der Waals surface area contributed by atoms with Gasteiger partial charge in [-0.1, -0.05) is 37.3 Å². The molecular formula is C20H21NO5. The smallest absolute Gasteiger partial charge is 0.334 e. The summed E-state index contributed by atoms with van der Waals surface area (Å²) in [5.74, 6) is -1.12. The van der Waals surface area contributed by atoms with Crippen LogP contribution in [0.3, 0.4) is 0 Å². The van der Waals surface area contributed by atoms with Crippen molar-refractivity contribution in [1.29, 1.82) is 0 Å². The summed E-state index contributed by atoms with van der Waals surface area (Å²) in [5, 5.41) is 0. The summed E-state index contributed by atoms with van der Waals surface area (Å²) in [5.41, 5.74) is -0.0170. The van der Waals surface area contributed by atoms with E-state index in [0.717, 1.165) is 5.56 Å². The molecule has 4 rings (SSSR count). The molecule has 6 atom stereocenters. The van der Waals surface area contributed by atoms with E-state index in [1.165, 1.54) is 20.6 Å². The van der Waals surface area contributed by atoms with Gasteiger partial charge in [-0.25, -0.2) is 9.79 Å². The molecule has 6 nitrogen and oxygen atoms in total. The molecule has 1 fully saturated rings. The van der Waals surface area contributed by atoms with E-state index < -0.39 is 23.5 Å². The van der Waals surface area contributed by atoms with Gasteiger partial charge < -0.3 is 14.2 Å². The largest absolute Gasteiger partial charge is 0.493 e. The predicted octanol–water partition coefficient (Wildman–Crippen LogP) is 2.10. The van der Waals surface area contributed by atoms with E-state index in [9.17, 15) is 9.59 Å². The van der Waals surface area contributed by atoms with Gasteiger partial charge in [-0.15, -0.1) is 0 Å². The number of hydrogen-bond donors (Lipinski definition) is 0. The minimum Gasteiger partial charge on any atom is -0.493 e. The third-order valence-electron chi connectivity index (χ3n) is 6.08. The predicted molar refractivity (Wildman–Crippen MR) is 93.5 cm³/mol. The highest BCUT2D eigenvalue weighted by Crippen LogP contribution is 2.61.